The van der Waals surface area contributed by atoms with E-state index in [0.29, 0.717) is 32.2 Å². The molecule has 8 nitrogen and oxygen atoms in total. The van der Waals surface area contributed by atoms with Crippen LogP contribution in [0.3, 0.4) is 0 Å². The van der Waals surface area contributed by atoms with Gasteiger partial charge in [0.1, 0.15) is 0 Å². The van der Waals surface area contributed by atoms with Crippen LogP contribution in [0.15, 0.2) is 4.99 Å². The number of piperidine rings is 1. The minimum atomic E-state index is -3.26. The van der Waals surface area contributed by atoms with E-state index in [9.17, 15) is 8.42 Å². The molecule has 2 fully saturated rings. The molecule has 1 unspecified atom stereocenters. The van der Waals surface area contributed by atoms with Gasteiger partial charge >= 0.3 is 0 Å². The first-order valence-electron chi connectivity index (χ1n) is 11.0. The number of piperazine rings is 1. The second kappa shape index (κ2) is 13.4. The average Bonchev–Trinajstić information content (AvgIpc) is 2.68. The topological polar surface area (TPSA) is 77.5 Å². The molecule has 0 spiro atoms. The fourth-order valence-corrected chi connectivity index (χ4v) is 5.15. The molecule has 0 radical (unpaired) electrons. The van der Waals surface area contributed by atoms with Crippen LogP contribution < -0.4 is 5.32 Å². The molecule has 0 aliphatic carbocycles. The number of ether oxygens (including phenoxy) is 1. The van der Waals surface area contributed by atoms with Gasteiger partial charge in [0.25, 0.3) is 0 Å². The highest BCUT2D eigenvalue weighted by molar-refractivity contribution is 14.0. The molecule has 0 aromatic carbocycles. The molecule has 2 aliphatic heterocycles. The van der Waals surface area contributed by atoms with Gasteiger partial charge in [-0.15, -0.1) is 24.0 Å². The third-order valence-electron chi connectivity index (χ3n) is 5.93. The molecule has 1 atom stereocenters. The predicted octanol–water partition coefficient (Wildman–Crippen LogP) is 1.67. The van der Waals surface area contributed by atoms with Crippen LogP contribution in [-0.2, 0) is 14.8 Å². The fraction of sp³-hybridized carbons (Fsp3) is 0.950. The average molecular weight is 560 g/mol. The molecular formula is C20H42IN5O3S. The Morgan fingerprint density at radius 3 is 2.23 bits per heavy atom. The quantitative estimate of drug-likeness (QED) is 0.277. The van der Waals surface area contributed by atoms with Crippen molar-refractivity contribution in [1.82, 2.24) is 19.4 Å². The summed E-state index contributed by atoms with van der Waals surface area (Å²) in [5.41, 5.74) is 0. The van der Waals surface area contributed by atoms with Gasteiger partial charge in [-0.1, -0.05) is 6.92 Å². The van der Waals surface area contributed by atoms with E-state index < -0.39 is 10.0 Å². The molecule has 0 aromatic heterocycles. The summed E-state index contributed by atoms with van der Waals surface area (Å²) in [5.74, 6) is 1.75. The van der Waals surface area contributed by atoms with E-state index in [1.165, 1.54) is 25.9 Å². The number of nitrogens with zero attached hydrogens (tertiary/aromatic N) is 4. The highest BCUT2D eigenvalue weighted by Crippen LogP contribution is 2.17. The molecule has 0 amide bonds. The molecule has 2 rings (SSSR count). The summed E-state index contributed by atoms with van der Waals surface area (Å²) < 4.78 is 32.0. The summed E-state index contributed by atoms with van der Waals surface area (Å²) in [6.07, 6.45) is 2.60. The van der Waals surface area contributed by atoms with Gasteiger partial charge in [-0.3, -0.25) is 9.89 Å². The van der Waals surface area contributed by atoms with Crippen molar-refractivity contribution in [3.05, 3.63) is 0 Å². The van der Waals surface area contributed by atoms with Gasteiger partial charge in [-0.05, 0) is 52.6 Å². The van der Waals surface area contributed by atoms with E-state index in [1.807, 2.05) is 13.8 Å². The molecule has 178 valence electrons. The monoisotopic (exact) mass is 559 g/mol. The van der Waals surface area contributed by atoms with Crippen LogP contribution in [0, 0.1) is 5.92 Å². The van der Waals surface area contributed by atoms with Crippen LogP contribution in [-0.4, -0.2) is 106 Å². The molecule has 2 saturated heterocycles. The van der Waals surface area contributed by atoms with E-state index in [4.69, 9.17) is 4.74 Å². The fourth-order valence-electron chi connectivity index (χ4n) is 3.87. The van der Waals surface area contributed by atoms with Crippen molar-refractivity contribution in [3.8, 4) is 0 Å². The Kier molecular flexibility index (Phi) is 12.4. The number of nitrogens with one attached hydrogen (secondary N) is 1. The molecular weight excluding hydrogens is 517 g/mol. The summed E-state index contributed by atoms with van der Waals surface area (Å²) in [7, 11) is -1.47. The largest absolute Gasteiger partial charge is 0.378 e. The molecule has 10 heteroatoms. The lowest BCUT2D eigenvalue weighted by molar-refractivity contribution is 0.0904. The second-order valence-electron chi connectivity index (χ2n) is 8.62. The van der Waals surface area contributed by atoms with Crippen molar-refractivity contribution < 1.29 is 13.2 Å². The van der Waals surface area contributed by atoms with Crippen molar-refractivity contribution >= 4 is 40.0 Å². The van der Waals surface area contributed by atoms with Crippen molar-refractivity contribution in [3.63, 3.8) is 0 Å². The van der Waals surface area contributed by atoms with Crippen LogP contribution in [0.4, 0.5) is 0 Å². The Hall–Kier alpha value is -0.170. The van der Waals surface area contributed by atoms with Gasteiger partial charge < -0.3 is 15.0 Å². The maximum Gasteiger partial charge on any atom is 0.216 e. The number of aliphatic imine (C=N–C) groups is 1. The third-order valence-corrected chi connectivity index (χ3v) is 7.77. The number of hydrogen-bond acceptors (Lipinski definition) is 5. The van der Waals surface area contributed by atoms with Gasteiger partial charge in [0.05, 0.1) is 18.5 Å². The molecule has 2 heterocycles. The minimum Gasteiger partial charge on any atom is -0.378 e. The molecule has 0 aromatic rings. The van der Waals surface area contributed by atoms with Gasteiger partial charge in [-0.25, -0.2) is 8.42 Å². The number of halogens is 1. The van der Waals surface area contributed by atoms with Crippen molar-refractivity contribution in [2.24, 2.45) is 10.9 Å². The Balaban J connectivity index is 0.00000450. The van der Waals surface area contributed by atoms with Crippen LogP contribution in [0.2, 0.25) is 0 Å². The zero-order chi connectivity index (χ0) is 21.4. The van der Waals surface area contributed by atoms with Crippen LogP contribution in [0.1, 0.15) is 40.5 Å². The number of likely N-dealkylation sites (tertiary alicyclic amines) is 1. The predicted molar refractivity (Wildman–Crippen MR) is 134 cm³/mol. The Labute approximate surface area is 200 Å². The lowest BCUT2D eigenvalue weighted by Crippen LogP contribution is -2.55. The Bertz CT molecular complexity index is 616. The smallest absolute Gasteiger partial charge is 0.216 e. The van der Waals surface area contributed by atoms with E-state index in [0.717, 1.165) is 18.4 Å². The highest BCUT2D eigenvalue weighted by atomic mass is 127. The van der Waals surface area contributed by atoms with E-state index >= 15 is 0 Å². The van der Waals surface area contributed by atoms with Crippen molar-refractivity contribution in [1.29, 1.82) is 0 Å². The summed E-state index contributed by atoms with van der Waals surface area (Å²) in [5, 5.41) is 3.49. The maximum absolute atomic E-state index is 12.5. The lowest BCUT2D eigenvalue weighted by atomic mass is 9.98. The number of hydrogen-bond donors (Lipinski definition) is 1. The summed E-state index contributed by atoms with van der Waals surface area (Å²) in [4.78, 5) is 9.12. The molecule has 1 N–H and O–H groups in total. The van der Waals surface area contributed by atoms with Gasteiger partial charge in [-0.2, -0.15) is 4.31 Å². The number of guanidine groups is 1. The molecule has 2 aliphatic rings. The Morgan fingerprint density at radius 2 is 1.70 bits per heavy atom. The summed E-state index contributed by atoms with van der Waals surface area (Å²) in [6.45, 7) is 14.1. The normalized spacial score (nSPS) is 21.5. The zero-order valence-electron chi connectivity index (χ0n) is 19.3. The van der Waals surface area contributed by atoms with E-state index in [1.54, 1.807) is 11.4 Å². The SMILES string of the molecule is CN=C(NCC(C)N1CCC(C)CC1)N1CCN(S(=O)(=O)CCOC(C)C)CC1.I. The number of rotatable bonds is 8. The van der Waals surface area contributed by atoms with Gasteiger partial charge in [0.15, 0.2) is 5.96 Å². The van der Waals surface area contributed by atoms with Gasteiger partial charge in [0.2, 0.25) is 10.0 Å². The van der Waals surface area contributed by atoms with Crippen molar-refractivity contribution in [2.45, 2.75) is 52.7 Å². The summed E-state index contributed by atoms with van der Waals surface area (Å²) >= 11 is 0. The molecule has 0 saturated carbocycles. The highest BCUT2D eigenvalue weighted by Gasteiger charge is 2.28. The number of sulfonamides is 1. The van der Waals surface area contributed by atoms with Crippen LogP contribution in [0.25, 0.3) is 0 Å². The second-order valence-corrected chi connectivity index (χ2v) is 10.7. The molecule has 0 bridgehead atoms. The van der Waals surface area contributed by atoms with E-state index in [2.05, 4.69) is 34.0 Å². The Morgan fingerprint density at radius 1 is 1.10 bits per heavy atom. The molecule has 30 heavy (non-hydrogen) atoms. The van der Waals surface area contributed by atoms with Crippen molar-refractivity contribution in [2.75, 3.05) is 65.2 Å². The standard InChI is InChI=1S/C20H41N5O3S.HI/c1-17(2)28-14-15-29(26,27)25-12-10-24(11-13-25)20(21-5)22-16-19(4)23-8-6-18(3)7-9-23;/h17-19H,6-16H2,1-5H3,(H,21,22);1H. The first-order valence-corrected chi connectivity index (χ1v) is 12.6. The maximum atomic E-state index is 12.5. The van der Waals surface area contributed by atoms with Crippen LogP contribution in [0.5, 0.6) is 0 Å². The van der Waals surface area contributed by atoms with Gasteiger partial charge in [0, 0.05) is 45.8 Å². The summed E-state index contributed by atoms with van der Waals surface area (Å²) in [6, 6.07) is 0.460. The third kappa shape index (κ3) is 8.76. The first-order chi connectivity index (χ1) is 13.7. The van der Waals surface area contributed by atoms with Crippen LogP contribution >= 0.6 is 24.0 Å². The lowest BCUT2D eigenvalue weighted by Gasteiger charge is -2.38. The minimum absolute atomic E-state index is 0. The zero-order valence-corrected chi connectivity index (χ0v) is 22.5. The van der Waals surface area contributed by atoms with E-state index in [-0.39, 0.29) is 42.4 Å². The first kappa shape index (κ1) is 27.9.